The smallest absolute Gasteiger partial charge is 0.200 e. The molecule has 18 heavy (non-hydrogen) atoms. The highest BCUT2D eigenvalue weighted by molar-refractivity contribution is 5.65. The topological polar surface area (TPSA) is 53.1 Å². The molecule has 0 spiro atoms. The lowest BCUT2D eigenvalue weighted by molar-refractivity contribution is 0.242. The highest BCUT2D eigenvalue weighted by atomic mass is 16.5. The molecule has 0 atom stereocenters. The lowest BCUT2D eigenvalue weighted by Crippen LogP contribution is -2.05. The van der Waals surface area contributed by atoms with Crippen molar-refractivity contribution in [1.82, 2.24) is 9.55 Å². The summed E-state index contributed by atoms with van der Waals surface area (Å²) in [5, 5.41) is 0. The molecule has 1 aromatic heterocycles. The molecule has 1 heterocycles. The molecule has 0 unspecified atom stereocenters. The Kier molecular flexibility index (Phi) is 3.28. The van der Waals surface area contributed by atoms with Crippen LogP contribution in [0.3, 0.4) is 0 Å². The van der Waals surface area contributed by atoms with Crippen molar-refractivity contribution in [3.05, 3.63) is 30.0 Å². The first-order valence-corrected chi connectivity index (χ1v) is 6.05. The molecule has 4 nitrogen and oxygen atoms in total. The van der Waals surface area contributed by atoms with Crippen molar-refractivity contribution in [3.63, 3.8) is 0 Å². The molecule has 2 aromatic rings. The molecular weight excluding hydrogens is 226 g/mol. The van der Waals surface area contributed by atoms with E-state index in [1.54, 1.807) is 0 Å². The predicted molar refractivity (Wildman–Crippen MR) is 73.6 cm³/mol. The highest BCUT2D eigenvalue weighted by Crippen LogP contribution is 2.26. The van der Waals surface area contributed by atoms with E-state index in [1.165, 1.54) is 0 Å². The van der Waals surface area contributed by atoms with Crippen molar-refractivity contribution in [2.75, 3.05) is 5.73 Å². The Hall–Kier alpha value is -1.97. The summed E-state index contributed by atoms with van der Waals surface area (Å²) in [5.41, 5.74) is 8.88. The zero-order valence-corrected chi connectivity index (χ0v) is 11.3. The number of imidazole rings is 1. The zero-order chi connectivity index (χ0) is 13.3. The van der Waals surface area contributed by atoms with Crippen molar-refractivity contribution >= 4 is 5.95 Å². The third-order valence-corrected chi connectivity index (χ3v) is 2.80. The van der Waals surface area contributed by atoms with E-state index < -0.39 is 0 Å². The highest BCUT2D eigenvalue weighted by Gasteiger charge is 2.11. The van der Waals surface area contributed by atoms with Gasteiger partial charge in [-0.2, -0.15) is 0 Å². The number of ether oxygens (including phenoxy) is 1. The molecule has 2 rings (SSSR count). The van der Waals surface area contributed by atoms with Crippen molar-refractivity contribution in [2.45, 2.75) is 26.9 Å². The molecule has 0 saturated carbocycles. The Labute approximate surface area is 107 Å². The summed E-state index contributed by atoms with van der Waals surface area (Å²) in [7, 11) is 1.92. The Bertz CT molecular complexity index is 541. The molecule has 0 radical (unpaired) electrons. The van der Waals surface area contributed by atoms with Crippen LogP contribution in [0.15, 0.2) is 24.3 Å². The number of nitrogens with two attached hydrogens (primary N) is 1. The maximum Gasteiger partial charge on any atom is 0.200 e. The van der Waals surface area contributed by atoms with Crippen LogP contribution in [0, 0.1) is 6.92 Å². The second-order valence-corrected chi connectivity index (χ2v) is 4.65. The van der Waals surface area contributed by atoms with Crippen molar-refractivity contribution in [3.8, 4) is 17.0 Å². The number of aryl methyl sites for hydroxylation is 1. The molecular formula is C14H19N3O. The monoisotopic (exact) mass is 245 g/mol. The van der Waals surface area contributed by atoms with E-state index in [9.17, 15) is 0 Å². The molecule has 2 N–H and O–H groups in total. The summed E-state index contributed by atoms with van der Waals surface area (Å²) in [6.45, 7) is 5.99. The minimum atomic E-state index is 0.185. The SMILES string of the molecule is Cc1nc(N)n(C)c1-c1ccc(OC(C)C)cc1. The maximum absolute atomic E-state index is 5.80. The number of rotatable bonds is 3. The summed E-state index contributed by atoms with van der Waals surface area (Å²) in [6.07, 6.45) is 0.185. The molecule has 0 aliphatic rings. The van der Waals surface area contributed by atoms with Gasteiger partial charge in [0.25, 0.3) is 0 Å². The van der Waals surface area contributed by atoms with Gasteiger partial charge < -0.3 is 15.0 Å². The number of benzene rings is 1. The van der Waals surface area contributed by atoms with Crippen molar-refractivity contribution in [1.29, 1.82) is 0 Å². The molecule has 0 aliphatic carbocycles. The van der Waals surface area contributed by atoms with E-state index in [0.29, 0.717) is 5.95 Å². The first kappa shape index (κ1) is 12.5. The Morgan fingerprint density at radius 1 is 1.22 bits per heavy atom. The minimum absolute atomic E-state index is 0.185. The number of hydrogen-bond donors (Lipinski definition) is 1. The minimum Gasteiger partial charge on any atom is -0.491 e. The Morgan fingerprint density at radius 3 is 2.28 bits per heavy atom. The lowest BCUT2D eigenvalue weighted by atomic mass is 10.1. The second kappa shape index (κ2) is 4.72. The van der Waals surface area contributed by atoms with Crippen LogP contribution in [0.4, 0.5) is 5.95 Å². The quantitative estimate of drug-likeness (QED) is 0.904. The summed E-state index contributed by atoms with van der Waals surface area (Å²) < 4.78 is 7.52. The van der Waals surface area contributed by atoms with Crippen LogP contribution < -0.4 is 10.5 Å². The molecule has 0 amide bonds. The van der Waals surface area contributed by atoms with E-state index >= 15 is 0 Å². The number of hydrogen-bond acceptors (Lipinski definition) is 3. The van der Waals surface area contributed by atoms with Crippen LogP contribution >= 0.6 is 0 Å². The van der Waals surface area contributed by atoms with Crippen LogP contribution in [0.5, 0.6) is 5.75 Å². The molecule has 0 bridgehead atoms. The standard InChI is InChI=1S/C14H19N3O/c1-9(2)18-12-7-5-11(6-8-12)13-10(3)16-14(15)17(13)4/h5-9H,1-4H3,(H2,15,16). The maximum atomic E-state index is 5.80. The molecule has 0 fully saturated rings. The van der Waals surface area contributed by atoms with Gasteiger partial charge in [0.15, 0.2) is 0 Å². The summed E-state index contributed by atoms with van der Waals surface area (Å²) in [6, 6.07) is 8.00. The van der Waals surface area contributed by atoms with Gasteiger partial charge in [0.05, 0.1) is 17.5 Å². The van der Waals surface area contributed by atoms with Crippen LogP contribution in [-0.2, 0) is 7.05 Å². The van der Waals surface area contributed by atoms with E-state index in [4.69, 9.17) is 10.5 Å². The molecule has 0 aliphatic heterocycles. The van der Waals surface area contributed by atoms with Gasteiger partial charge in [-0.1, -0.05) is 0 Å². The van der Waals surface area contributed by atoms with Gasteiger partial charge >= 0.3 is 0 Å². The van der Waals surface area contributed by atoms with E-state index in [2.05, 4.69) is 4.98 Å². The first-order chi connectivity index (χ1) is 8.49. The average molecular weight is 245 g/mol. The van der Waals surface area contributed by atoms with Crippen LogP contribution in [-0.4, -0.2) is 15.7 Å². The predicted octanol–water partition coefficient (Wildman–Crippen LogP) is 2.76. The molecule has 96 valence electrons. The number of anilines is 1. The average Bonchev–Trinajstić information content (AvgIpc) is 2.54. The largest absolute Gasteiger partial charge is 0.491 e. The van der Waals surface area contributed by atoms with Crippen molar-refractivity contribution < 1.29 is 4.74 Å². The van der Waals surface area contributed by atoms with Crippen LogP contribution in [0.1, 0.15) is 19.5 Å². The van der Waals surface area contributed by atoms with E-state index in [0.717, 1.165) is 22.7 Å². The third-order valence-electron chi connectivity index (χ3n) is 2.80. The Balaban J connectivity index is 2.34. The fraction of sp³-hybridized carbons (Fsp3) is 0.357. The first-order valence-electron chi connectivity index (χ1n) is 6.05. The van der Waals surface area contributed by atoms with Crippen LogP contribution in [0.2, 0.25) is 0 Å². The lowest BCUT2D eigenvalue weighted by Gasteiger charge is -2.10. The number of aromatic nitrogens is 2. The van der Waals surface area contributed by atoms with Gasteiger partial charge in [-0.05, 0) is 45.0 Å². The Morgan fingerprint density at radius 2 is 1.83 bits per heavy atom. The van der Waals surface area contributed by atoms with Gasteiger partial charge in [-0.15, -0.1) is 0 Å². The van der Waals surface area contributed by atoms with E-state index in [1.807, 2.05) is 56.7 Å². The van der Waals surface area contributed by atoms with Gasteiger partial charge in [-0.25, -0.2) is 4.98 Å². The summed E-state index contributed by atoms with van der Waals surface area (Å²) in [4.78, 5) is 4.27. The van der Waals surface area contributed by atoms with Gasteiger partial charge in [0.1, 0.15) is 5.75 Å². The van der Waals surface area contributed by atoms with Gasteiger partial charge in [0, 0.05) is 12.6 Å². The number of nitrogen functional groups attached to an aromatic ring is 1. The molecule has 0 saturated heterocycles. The van der Waals surface area contributed by atoms with Gasteiger partial charge in [-0.3, -0.25) is 0 Å². The van der Waals surface area contributed by atoms with Crippen LogP contribution in [0.25, 0.3) is 11.3 Å². The zero-order valence-electron chi connectivity index (χ0n) is 11.3. The normalized spacial score (nSPS) is 10.9. The fourth-order valence-electron chi connectivity index (χ4n) is 2.02. The van der Waals surface area contributed by atoms with E-state index in [-0.39, 0.29) is 6.10 Å². The summed E-state index contributed by atoms with van der Waals surface area (Å²) >= 11 is 0. The summed E-state index contributed by atoms with van der Waals surface area (Å²) in [5.74, 6) is 1.41. The van der Waals surface area contributed by atoms with Gasteiger partial charge in [0.2, 0.25) is 5.95 Å². The number of nitrogens with zero attached hydrogens (tertiary/aromatic N) is 2. The molecule has 4 heteroatoms. The fourth-order valence-corrected chi connectivity index (χ4v) is 2.02. The van der Waals surface area contributed by atoms with Crippen molar-refractivity contribution in [2.24, 2.45) is 7.05 Å². The third kappa shape index (κ3) is 2.32. The molecule has 1 aromatic carbocycles. The second-order valence-electron chi connectivity index (χ2n) is 4.65.